The number of rotatable bonds is 3. The molecular formula is C15H28N2O. The Hall–Kier alpha value is -0.570. The van der Waals surface area contributed by atoms with E-state index >= 15 is 0 Å². The quantitative estimate of drug-likeness (QED) is 0.837. The summed E-state index contributed by atoms with van der Waals surface area (Å²) in [5, 5.41) is 3.51. The van der Waals surface area contributed by atoms with Crippen molar-refractivity contribution in [3.05, 3.63) is 0 Å². The van der Waals surface area contributed by atoms with Gasteiger partial charge in [0.05, 0.1) is 12.2 Å². The van der Waals surface area contributed by atoms with E-state index in [1.165, 1.54) is 0 Å². The number of hydrogen-bond donors (Lipinski definition) is 1. The number of carbonyl (C=O) groups is 1. The molecule has 2 aliphatic rings. The van der Waals surface area contributed by atoms with Crippen LogP contribution in [0.2, 0.25) is 0 Å². The summed E-state index contributed by atoms with van der Waals surface area (Å²) in [5.74, 6) is 0.762. The minimum absolute atomic E-state index is 0.0181. The van der Waals surface area contributed by atoms with Crippen LogP contribution < -0.4 is 5.32 Å². The van der Waals surface area contributed by atoms with Crippen LogP contribution >= 0.6 is 0 Å². The standard InChI is InChI=1S/C15H28N2O/c1-8-10-12(18)17(11(16-10)9(2)3)13-14(4,5)15(13,6)7/h9-11,13,16H,8H2,1-7H3. The van der Waals surface area contributed by atoms with Crippen LogP contribution in [0.5, 0.6) is 0 Å². The molecule has 1 heterocycles. The summed E-state index contributed by atoms with van der Waals surface area (Å²) in [6, 6.07) is 0.388. The Morgan fingerprint density at radius 1 is 1.22 bits per heavy atom. The minimum atomic E-state index is 0.0181. The van der Waals surface area contributed by atoms with Crippen LogP contribution in [-0.2, 0) is 4.79 Å². The fourth-order valence-corrected chi connectivity index (χ4v) is 3.63. The van der Waals surface area contributed by atoms with Crippen LogP contribution in [0.15, 0.2) is 0 Å². The van der Waals surface area contributed by atoms with Gasteiger partial charge in [-0.25, -0.2) is 0 Å². The molecule has 0 spiro atoms. The third-order valence-electron chi connectivity index (χ3n) is 5.49. The van der Waals surface area contributed by atoms with E-state index in [-0.39, 0.29) is 23.0 Å². The highest BCUT2D eigenvalue weighted by Crippen LogP contribution is 2.66. The number of carbonyl (C=O) groups excluding carboxylic acids is 1. The average molecular weight is 252 g/mol. The van der Waals surface area contributed by atoms with Crippen molar-refractivity contribution in [2.24, 2.45) is 16.7 Å². The van der Waals surface area contributed by atoms with Crippen molar-refractivity contribution in [2.75, 3.05) is 0 Å². The molecular weight excluding hydrogens is 224 g/mol. The van der Waals surface area contributed by atoms with Crippen molar-refractivity contribution in [1.29, 1.82) is 0 Å². The second kappa shape index (κ2) is 3.96. The highest BCUT2D eigenvalue weighted by molar-refractivity contribution is 5.85. The van der Waals surface area contributed by atoms with Gasteiger partial charge in [-0.3, -0.25) is 10.1 Å². The molecule has 1 saturated carbocycles. The second-order valence-electron chi connectivity index (χ2n) is 7.41. The zero-order valence-corrected chi connectivity index (χ0v) is 12.9. The largest absolute Gasteiger partial charge is 0.321 e. The number of nitrogens with one attached hydrogen (secondary N) is 1. The number of amides is 1. The van der Waals surface area contributed by atoms with Crippen molar-refractivity contribution in [3.8, 4) is 0 Å². The Morgan fingerprint density at radius 3 is 2.06 bits per heavy atom. The molecule has 0 radical (unpaired) electrons. The number of hydrogen-bond acceptors (Lipinski definition) is 2. The van der Waals surface area contributed by atoms with Crippen LogP contribution in [0.3, 0.4) is 0 Å². The Morgan fingerprint density at radius 2 is 1.72 bits per heavy atom. The van der Waals surface area contributed by atoms with Crippen LogP contribution in [0.4, 0.5) is 0 Å². The maximum atomic E-state index is 12.6. The van der Waals surface area contributed by atoms with E-state index in [0.29, 0.717) is 17.9 Å². The highest BCUT2D eigenvalue weighted by atomic mass is 16.2. The van der Waals surface area contributed by atoms with Gasteiger partial charge in [0.2, 0.25) is 5.91 Å². The molecule has 3 nitrogen and oxygen atoms in total. The fourth-order valence-electron chi connectivity index (χ4n) is 3.63. The van der Waals surface area contributed by atoms with Gasteiger partial charge in [0.15, 0.2) is 0 Å². The van der Waals surface area contributed by atoms with E-state index in [9.17, 15) is 4.79 Å². The average Bonchev–Trinajstić information content (AvgIpc) is 2.55. The zero-order chi connectivity index (χ0) is 13.9. The van der Waals surface area contributed by atoms with E-state index < -0.39 is 0 Å². The third-order valence-corrected chi connectivity index (χ3v) is 5.49. The molecule has 0 aromatic heterocycles. The van der Waals surface area contributed by atoms with Crippen LogP contribution in [0.1, 0.15) is 54.9 Å². The molecule has 1 N–H and O–H groups in total. The maximum Gasteiger partial charge on any atom is 0.241 e. The Balaban J connectivity index is 2.28. The van der Waals surface area contributed by atoms with Gasteiger partial charge in [0.25, 0.3) is 0 Å². The van der Waals surface area contributed by atoms with Crippen molar-refractivity contribution in [1.82, 2.24) is 10.2 Å². The van der Waals surface area contributed by atoms with Gasteiger partial charge in [-0.1, -0.05) is 48.5 Å². The number of nitrogens with zero attached hydrogens (tertiary/aromatic N) is 1. The zero-order valence-electron chi connectivity index (χ0n) is 12.9. The van der Waals surface area contributed by atoms with Crippen molar-refractivity contribution in [3.63, 3.8) is 0 Å². The lowest BCUT2D eigenvalue weighted by Gasteiger charge is -2.29. The van der Waals surface area contributed by atoms with Crippen LogP contribution in [0.25, 0.3) is 0 Å². The van der Waals surface area contributed by atoms with Gasteiger partial charge in [-0.15, -0.1) is 0 Å². The van der Waals surface area contributed by atoms with Gasteiger partial charge in [0.1, 0.15) is 0 Å². The third kappa shape index (κ3) is 1.63. The summed E-state index contributed by atoms with van der Waals surface area (Å²) in [5.41, 5.74) is 0.445. The summed E-state index contributed by atoms with van der Waals surface area (Å²) in [6.45, 7) is 15.6. The SMILES string of the molecule is CCC1NC(C(C)C)N(C2C(C)(C)C2(C)C)C1=O. The van der Waals surface area contributed by atoms with E-state index in [1.807, 2.05) is 0 Å². The van der Waals surface area contributed by atoms with E-state index in [1.54, 1.807) is 0 Å². The molecule has 3 heteroatoms. The van der Waals surface area contributed by atoms with Crippen molar-refractivity contribution >= 4 is 5.91 Å². The summed E-state index contributed by atoms with van der Waals surface area (Å²) >= 11 is 0. The van der Waals surface area contributed by atoms with Gasteiger partial charge < -0.3 is 4.90 Å². The van der Waals surface area contributed by atoms with Gasteiger partial charge in [-0.2, -0.15) is 0 Å². The first-order chi connectivity index (χ1) is 8.16. The molecule has 0 aromatic carbocycles. The lowest BCUT2D eigenvalue weighted by molar-refractivity contribution is -0.132. The Kier molecular flexibility index (Phi) is 3.05. The molecule has 1 amide bonds. The van der Waals surface area contributed by atoms with E-state index in [2.05, 4.69) is 58.7 Å². The first-order valence-electron chi connectivity index (χ1n) is 7.24. The predicted molar refractivity (Wildman–Crippen MR) is 74.0 cm³/mol. The fraction of sp³-hybridized carbons (Fsp3) is 0.933. The lowest BCUT2D eigenvalue weighted by Crippen LogP contribution is -2.44. The van der Waals surface area contributed by atoms with Gasteiger partial charge in [-0.05, 0) is 23.2 Å². The van der Waals surface area contributed by atoms with Crippen LogP contribution in [-0.4, -0.2) is 29.1 Å². The van der Waals surface area contributed by atoms with E-state index in [4.69, 9.17) is 0 Å². The molecule has 2 atom stereocenters. The molecule has 2 fully saturated rings. The molecule has 1 aliphatic heterocycles. The molecule has 1 aliphatic carbocycles. The van der Waals surface area contributed by atoms with Crippen molar-refractivity contribution < 1.29 is 4.79 Å². The van der Waals surface area contributed by atoms with Crippen LogP contribution in [0, 0.1) is 16.7 Å². The molecule has 1 saturated heterocycles. The first kappa shape index (κ1) is 13.9. The Bertz CT molecular complexity index is 346. The topological polar surface area (TPSA) is 32.3 Å². The normalized spacial score (nSPS) is 34.4. The highest BCUT2D eigenvalue weighted by Gasteiger charge is 2.70. The summed E-state index contributed by atoms with van der Waals surface area (Å²) in [6.07, 6.45) is 1.08. The first-order valence-corrected chi connectivity index (χ1v) is 7.24. The van der Waals surface area contributed by atoms with E-state index in [0.717, 1.165) is 6.42 Å². The smallest absolute Gasteiger partial charge is 0.241 e. The molecule has 0 bridgehead atoms. The minimum Gasteiger partial charge on any atom is -0.321 e. The Labute approximate surface area is 111 Å². The lowest BCUT2D eigenvalue weighted by atomic mass is 10.0. The molecule has 2 unspecified atom stereocenters. The summed E-state index contributed by atoms with van der Waals surface area (Å²) in [4.78, 5) is 14.7. The second-order valence-corrected chi connectivity index (χ2v) is 7.41. The van der Waals surface area contributed by atoms with Gasteiger partial charge in [0, 0.05) is 6.04 Å². The predicted octanol–water partition coefficient (Wildman–Crippen LogP) is 2.61. The van der Waals surface area contributed by atoms with Crippen molar-refractivity contribution in [2.45, 2.75) is 73.1 Å². The maximum absolute atomic E-state index is 12.6. The molecule has 0 aromatic rings. The molecule has 18 heavy (non-hydrogen) atoms. The monoisotopic (exact) mass is 252 g/mol. The van der Waals surface area contributed by atoms with Gasteiger partial charge >= 0.3 is 0 Å². The summed E-state index contributed by atoms with van der Waals surface area (Å²) < 4.78 is 0. The molecule has 104 valence electrons. The summed E-state index contributed by atoms with van der Waals surface area (Å²) in [7, 11) is 0. The molecule has 2 rings (SSSR count).